The van der Waals surface area contributed by atoms with E-state index in [0.717, 1.165) is 34.0 Å². The summed E-state index contributed by atoms with van der Waals surface area (Å²) in [6.45, 7) is 3.73. The number of nitrogens with one attached hydrogen (secondary N) is 1. The van der Waals surface area contributed by atoms with Gasteiger partial charge >= 0.3 is 6.03 Å². The average Bonchev–Trinajstić information content (AvgIpc) is 3.18. The second kappa shape index (κ2) is 9.01. The number of carbonyl (C=O) groups excluding carboxylic acids is 3. The second-order valence-electron chi connectivity index (χ2n) is 12.3. The molecule has 40 heavy (non-hydrogen) atoms. The summed E-state index contributed by atoms with van der Waals surface area (Å²) >= 11 is 0. The molecule has 0 unspecified atom stereocenters. The van der Waals surface area contributed by atoms with Crippen molar-refractivity contribution in [3.05, 3.63) is 88.5 Å². The number of nitrogens with zero attached hydrogens (tertiary/aromatic N) is 2. The molecule has 1 N–H and O–H groups in total. The summed E-state index contributed by atoms with van der Waals surface area (Å²) in [7, 11) is 0. The van der Waals surface area contributed by atoms with Crippen LogP contribution in [0.2, 0.25) is 0 Å². The van der Waals surface area contributed by atoms with Gasteiger partial charge < -0.3 is 4.57 Å². The molecule has 4 aliphatic carbocycles. The van der Waals surface area contributed by atoms with E-state index in [1.807, 2.05) is 36.6 Å². The molecule has 3 aromatic rings. The maximum absolute atomic E-state index is 13.9. The number of amides is 4. The van der Waals surface area contributed by atoms with Crippen LogP contribution >= 0.6 is 0 Å². The largest absolute Gasteiger partial charge is 0.335 e. The van der Waals surface area contributed by atoms with E-state index in [2.05, 4.69) is 17.4 Å². The molecule has 4 amide bonds. The molecular weight excluding hydrogens is 505 g/mol. The fraction of sp³-hybridized carbons (Fsp3) is 0.364. The molecule has 0 atom stereocenters. The van der Waals surface area contributed by atoms with Crippen molar-refractivity contribution in [2.75, 3.05) is 4.90 Å². The Hall–Kier alpha value is -4.00. The van der Waals surface area contributed by atoms with E-state index < -0.39 is 17.8 Å². The Morgan fingerprint density at radius 2 is 1.52 bits per heavy atom. The number of urea groups is 1. The van der Waals surface area contributed by atoms with Gasteiger partial charge in [-0.05, 0) is 129 Å². The Kier molecular flexibility index (Phi) is 5.63. The highest BCUT2D eigenvalue weighted by atomic mass is 19.1. The minimum absolute atomic E-state index is 0.121. The fourth-order valence-corrected chi connectivity index (χ4v) is 8.42. The predicted molar refractivity (Wildman–Crippen MR) is 150 cm³/mol. The monoisotopic (exact) mass is 537 g/mol. The van der Waals surface area contributed by atoms with Crippen molar-refractivity contribution < 1.29 is 18.8 Å². The first-order valence-electron chi connectivity index (χ1n) is 14.2. The van der Waals surface area contributed by atoms with Gasteiger partial charge in [0.25, 0.3) is 11.8 Å². The first-order chi connectivity index (χ1) is 19.2. The van der Waals surface area contributed by atoms with Crippen molar-refractivity contribution >= 4 is 29.6 Å². The van der Waals surface area contributed by atoms with Crippen LogP contribution in [0.1, 0.15) is 61.0 Å². The molecule has 1 aliphatic heterocycles. The van der Waals surface area contributed by atoms with Gasteiger partial charge in [-0.25, -0.2) is 14.1 Å². The number of halogens is 1. The molecule has 1 saturated heterocycles. The third kappa shape index (κ3) is 3.94. The highest BCUT2D eigenvalue weighted by molar-refractivity contribution is 6.39. The van der Waals surface area contributed by atoms with Crippen LogP contribution in [-0.2, 0) is 15.0 Å². The number of hydrogen-bond donors (Lipinski definition) is 1. The lowest BCUT2D eigenvalue weighted by molar-refractivity contribution is -0.122. The maximum atomic E-state index is 13.9. The number of aryl methyl sites for hydroxylation is 1. The van der Waals surface area contributed by atoms with Crippen molar-refractivity contribution in [3.8, 4) is 5.69 Å². The lowest BCUT2D eigenvalue weighted by Crippen LogP contribution is -2.54. The highest BCUT2D eigenvalue weighted by Crippen LogP contribution is 2.60. The van der Waals surface area contributed by atoms with Gasteiger partial charge in [0.2, 0.25) is 0 Å². The van der Waals surface area contributed by atoms with Crippen molar-refractivity contribution in [2.45, 2.75) is 57.8 Å². The van der Waals surface area contributed by atoms with E-state index in [0.29, 0.717) is 16.9 Å². The number of barbiturate groups is 1. The van der Waals surface area contributed by atoms with E-state index in [4.69, 9.17) is 0 Å². The van der Waals surface area contributed by atoms with Crippen LogP contribution in [0.3, 0.4) is 0 Å². The van der Waals surface area contributed by atoms with Gasteiger partial charge in [0.05, 0.1) is 5.69 Å². The third-order valence-electron chi connectivity index (χ3n) is 9.71. The Balaban J connectivity index is 1.19. The van der Waals surface area contributed by atoms with Gasteiger partial charge in [-0.1, -0.05) is 18.2 Å². The van der Waals surface area contributed by atoms with Crippen molar-refractivity contribution in [2.24, 2.45) is 17.8 Å². The molecule has 7 heteroatoms. The molecule has 1 aromatic heterocycles. The van der Waals surface area contributed by atoms with Crippen molar-refractivity contribution in [1.82, 2.24) is 9.88 Å². The molecular formula is C33H32FN3O3. The van der Waals surface area contributed by atoms with E-state index in [-0.39, 0.29) is 16.8 Å². The van der Waals surface area contributed by atoms with Crippen LogP contribution in [0.4, 0.5) is 14.9 Å². The van der Waals surface area contributed by atoms with Gasteiger partial charge in [-0.3, -0.25) is 14.9 Å². The Bertz CT molecular complexity index is 1560. The molecule has 5 fully saturated rings. The first-order valence-corrected chi connectivity index (χ1v) is 14.2. The van der Waals surface area contributed by atoms with Crippen LogP contribution in [0.25, 0.3) is 11.8 Å². The summed E-state index contributed by atoms with van der Waals surface area (Å²) < 4.78 is 15.8. The average molecular weight is 538 g/mol. The summed E-state index contributed by atoms with van der Waals surface area (Å²) in [6, 6.07) is 15.2. The SMILES string of the molecule is Cc1cc(/C=C2\C(=O)NC(=O)N(c3ccc(C45CC6CC(CC(C6)C4)C5)cc3)C2=O)c(C)n1-c1cccc(F)c1. The summed E-state index contributed by atoms with van der Waals surface area (Å²) in [4.78, 5) is 40.3. The highest BCUT2D eigenvalue weighted by Gasteiger charge is 2.51. The van der Waals surface area contributed by atoms with Crippen LogP contribution in [-0.4, -0.2) is 22.4 Å². The molecule has 5 aliphatic rings. The van der Waals surface area contributed by atoms with E-state index in [9.17, 15) is 18.8 Å². The molecule has 2 aromatic carbocycles. The van der Waals surface area contributed by atoms with Crippen LogP contribution in [0.15, 0.2) is 60.2 Å². The van der Waals surface area contributed by atoms with Crippen molar-refractivity contribution in [3.63, 3.8) is 0 Å². The number of carbonyl (C=O) groups is 3. The van der Waals surface area contributed by atoms with Crippen LogP contribution < -0.4 is 10.2 Å². The number of anilines is 1. The molecule has 2 heterocycles. The summed E-state index contributed by atoms with van der Waals surface area (Å²) in [5.74, 6) is 0.722. The van der Waals surface area contributed by atoms with Crippen LogP contribution in [0.5, 0.6) is 0 Å². The lowest BCUT2D eigenvalue weighted by Gasteiger charge is -2.57. The molecule has 0 radical (unpaired) electrons. The normalized spacial score (nSPS) is 28.5. The number of rotatable bonds is 4. The van der Waals surface area contributed by atoms with E-state index >= 15 is 0 Å². The van der Waals surface area contributed by atoms with Crippen molar-refractivity contribution in [1.29, 1.82) is 0 Å². The molecule has 204 valence electrons. The standard InChI is InChI=1S/C33H32FN3O3/c1-19-10-24(20(2)36(19)28-5-3-4-26(34)15-28)14-29-30(38)35-32(40)37(31(29)39)27-8-6-25(7-9-27)33-16-21-11-22(17-33)13-23(12-21)18-33/h3-10,14-15,21-23H,11-13,16-18H2,1-2H3,(H,35,38,40)/b29-14+. The Morgan fingerprint density at radius 1 is 0.875 bits per heavy atom. The third-order valence-corrected chi connectivity index (χ3v) is 9.71. The van der Waals surface area contributed by atoms with Gasteiger partial charge in [0, 0.05) is 17.1 Å². The van der Waals surface area contributed by atoms with Gasteiger partial charge in [-0.15, -0.1) is 0 Å². The molecule has 0 spiro atoms. The zero-order valence-corrected chi connectivity index (χ0v) is 22.7. The second-order valence-corrected chi connectivity index (χ2v) is 12.3. The molecule has 6 nitrogen and oxygen atoms in total. The fourth-order valence-electron chi connectivity index (χ4n) is 8.42. The first kappa shape index (κ1) is 25.0. The van der Waals surface area contributed by atoms with Crippen LogP contribution in [0, 0.1) is 37.4 Å². The van der Waals surface area contributed by atoms with E-state index in [1.165, 1.54) is 62.3 Å². The van der Waals surface area contributed by atoms with Gasteiger partial charge in [-0.2, -0.15) is 0 Å². The Morgan fingerprint density at radius 3 is 2.15 bits per heavy atom. The summed E-state index contributed by atoms with van der Waals surface area (Å²) in [5.41, 5.74) is 4.71. The smallest absolute Gasteiger partial charge is 0.318 e. The van der Waals surface area contributed by atoms with Gasteiger partial charge in [0.1, 0.15) is 11.4 Å². The Labute approximate surface area is 232 Å². The maximum Gasteiger partial charge on any atom is 0.335 e. The zero-order valence-electron chi connectivity index (χ0n) is 22.7. The molecule has 8 rings (SSSR count). The molecule has 4 saturated carbocycles. The number of aromatic nitrogens is 1. The summed E-state index contributed by atoms with van der Waals surface area (Å²) in [5, 5.41) is 2.33. The minimum atomic E-state index is -0.750. The lowest BCUT2D eigenvalue weighted by atomic mass is 9.48. The minimum Gasteiger partial charge on any atom is -0.318 e. The zero-order chi connectivity index (χ0) is 27.8. The van der Waals surface area contributed by atoms with E-state index in [1.54, 1.807) is 12.1 Å². The van der Waals surface area contributed by atoms with Gasteiger partial charge in [0.15, 0.2) is 0 Å². The number of imide groups is 2. The quantitative estimate of drug-likeness (QED) is 0.311. The number of benzene rings is 2. The molecule has 4 bridgehead atoms. The topological polar surface area (TPSA) is 71.4 Å². The number of hydrogen-bond acceptors (Lipinski definition) is 3. The predicted octanol–water partition coefficient (Wildman–Crippen LogP) is 6.37. The summed E-state index contributed by atoms with van der Waals surface area (Å²) in [6.07, 6.45) is 9.32.